The lowest BCUT2D eigenvalue weighted by Gasteiger charge is -2.58. The third-order valence-corrected chi connectivity index (χ3v) is 8.47. The zero-order chi connectivity index (χ0) is 17.3. The van der Waals surface area contributed by atoms with Gasteiger partial charge in [0.05, 0.1) is 0 Å². The van der Waals surface area contributed by atoms with Gasteiger partial charge in [0.2, 0.25) is 0 Å². The molecule has 0 saturated heterocycles. The Morgan fingerprint density at radius 3 is 2.50 bits per heavy atom. The standard InChI is InChI=1S/C20H28O4/c1-18-8-5-13(21)11-12(18)3-4-14-15(18)6-9-19(2)16(14)7-10-20(19,24)17(22)23/h11,14-16,24H,3-10H2,1-2H3,(H,22,23)/t14-,15+,16+,18+,19+,20?/m1/s1. The summed E-state index contributed by atoms with van der Waals surface area (Å²) >= 11 is 0. The molecule has 0 spiro atoms. The molecule has 4 aliphatic rings. The summed E-state index contributed by atoms with van der Waals surface area (Å²) in [6.07, 6.45) is 8.41. The summed E-state index contributed by atoms with van der Waals surface area (Å²) in [6, 6.07) is 0. The van der Waals surface area contributed by atoms with E-state index in [-0.39, 0.29) is 17.1 Å². The van der Waals surface area contributed by atoms with Gasteiger partial charge in [0, 0.05) is 11.8 Å². The van der Waals surface area contributed by atoms with E-state index in [4.69, 9.17) is 0 Å². The number of allylic oxidation sites excluding steroid dienone is 1. The maximum Gasteiger partial charge on any atom is 0.336 e. The number of hydrogen-bond acceptors (Lipinski definition) is 3. The highest BCUT2D eigenvalue weighted by Gasteiger charge is 2.66. The highest BCUT2D eigenvalue weighted by atomic mass is 16.4. The predicted octanol–water partition coefficient (Wildman–Crippen LogP) is 3.33. The molecule has 0 bridgehead atoms. The summed E-state index contributed by atoms with van der Waals surface area (Å²) in [4.78, 5) is 23.6. The number of fused-ring (bicyclic) bond motifs is 5. The first-order valence-corrected chi connectivity index (χ1v) is 9.42. The van der Waals surface area contributed by atoms with Crippen molar-refractivity contribution in [1.29, 1.82) is 0 Å². The molecule has 24 heavy (non-hydrogen) atoms. The van der Waals surface area contributed by atoms with Gasteiger partial charge >= 0.3 is 5.97 Å². The molecule has 0 heterocycles. The lowest BCUT2D eigenvalue weighted by atomic mass is 9.46. The van der Waals surface area contributed by atoms with Crippen molar-refractivity contribution in [2.75, 3.05) is 0 Å². The summed E-state index contributed by atoms with van der Waals surface area (Å²) in [5.74, 6) is 0.514. The average Bonchev–Trinajstić information content (AvgIpc) is 2.81. The Morgan fingerprint density at radius 1 is 1.08 bits per heavy atom. The van der Waals surface area contributed by atoms with Crippen molar-refractivity contribution in [2.45, 2.75) is 70.8 Å². The fourth-order valence-electron chi connectivity index (χ4n) is 6.93. The smallest absolute Gasteiger partial charge is 0.336 e. The van der Waals surface area contributed by atoms with E-state index >= 15 is 0 Å². The number of hydrogen-bond donors (Lipinski definition) is 2. The second-order valence-electron chi connectivity index (χ2n) is 9.13. The molecule has 6 atom stereocenters. The molecular weight excluding hydrogens is 304 g/mol. The molecule has 4 heteroatoms. The Balaban J connectivity index is 1.70. The third kappa shape index (κ3) is 1.84. The predicted molar refractivity (Wildman–Crippen MR) is 89.3 cm³/mol. The van der Waals surface area contributed by atoms with Gasteiger partial charge in [-0.25, -0.2) is 4.79 Å². The molecule has 0 aromatic rings. The number of ketones is 1. The fraction of sp³-hybridized carbons (Fsp3) is 0.800. The third-order valence-electron chi connectivity index (χ3n) is 8.47. The topological polar surface area (TPSA) is 74.6 Å². The Kier molecular flexibility index (Phi) is 3.36. The van der Waals surface area contributed by atoms with Crippen LogP contribution in [0.15, 0.2) is 11.6 Å². The second kappa shape index (κ2) is 4.94. The SMILES string of the molecule is C[C@]12CCC(=O)C=C1CC[C@@H]1[C@@H]2CC[C@@]2(C)[C@H]1CCC2(O)C(=O)O. The van der Waals surface area contributed by atoms with Crippen LogP contribution in [0, 0.1) is 28.6 Å². The Labute approximate surface area is 143 Å². The van der Waals surface area contributed by atoms with Crippen LogP contribution in [0.25, 0.3) is 0 Å². The number of rotatable bonds is 1. The number of carboxylic acid groups (broad SMARTS) is 1. The van der Waals surface area contributed by atoms with Crippen LogP contribution >= 0.6 is 0 Å². The first kappa shape index (κ1) is 16.3. The van der Waals surface area contributed by atoms with Crippen LogP contribution in [0.2, 0.25) is 0 Å². The first-order chi connectivity index (χ1) is 11.2. The normalized spacial score (nSPS) is 50.5. The van der Waals surface area contributed by atoms with Gasteiger partial charge in [0.1, 0.15) is 0 Å². The number of carbonyl (C=O) groups excluding carboxylic acids is 1. The lowest BCUT2D eigenvalue weighted by Crippen LogP contribution is -2.57. The minimum Gasteiger partial charge on any atom is -0.479 e. The van der Waals surface area contributed by atoms with Crippen molar-refractivity contribution < 1.29 is 19.8 Å². The van der Waals surface area contributed by atoms with Gasteiger partial charge in [0.25, 0.3) is 0 Å². The quantitative estimate of drug-likeness (QED) is 0.772. The van der Waals surface area contributed by atoms with Gasteiger partial charge < -0.3 is 10.2 Å². The highest BCUT2D eigenvalue weighted by molar-refractivity contribution is 5.91. The molecule has 0 amide bonds. The molecule has 0 aromatic heterocycles. The van der Waals surface area contributed by atoms with E-state index in [1.807, 2.05) is 13.0 Å². The fourth-order valence-corrected chi connectivity index (χ4v) is 6.93. The molecule has 2 N–H and O–H groups in total. The van der Waals surface area contributed by atoms with Gasteiger partial charge in [-0.3, -0.25) is 4.79 Å². The minimum atomic E-state index is -1.57. The summed E-state index contributed by atoms with van der Waals surface area (Å²) in [7, 11) is 0. The largest absolute Gasteiger partial charge is 0.479 e. The summed E-state index contributed by atoms with van der Waals surface area (Å²) < 4.78 is 0. The Morgan fingerprint density at radius 2 is 1.79 bits per heavy atom. The van der Waals surface area contributed by atoms with Crippen LogP contribution in [-0.2, 0) is 9.59 Å². The molecule has 4 nitrogen and oxygen atoms in total. The van der Waals surface area contributed by atoms with Crippen molar-refractivity contribution in [3.05, 3.63) is 11.6 Å². The summed E-state index contributed by atoms with van der Waals surface area (Å²) in [5.41, 5.74) is -0.651. The van der Waals surface area contributed by atoms with Crippen molar-refractivity contribution in [1.82, 2.24) is 0 Å². The van der Waals surface area contributed by atoms with E-state index in [0.717, 1.165) is 38.5 Å². The van der Waals surface area contributed by atoms with Gasteiger partial charge in [0.15, 0.2) is 11.4 Å². The van der Waals surface area contributed by atoms with Crippen molar-refractivity contribution in [2.24, 2.45) is 28.6 Å². The maximum absolute atomic E-state index is 11.8. The minimum absolute atomic E-state index is 0.0993. The number of aliphatic carboxylic acids is 1. The Bertz CT molecular complexity index is 638. The first-order valence-electron chi connectivity index (χ1n) is 9.42. The molecule has 4 rings (SSSR count). The average molecular weight is 332 g/mol. The van der Waals surface area contributed by atoms with Crippen LogP contribution in [-0.4, -0.2) is 27.6 Å². The van der Waals surface area contributed by atoms with Gasteiger partial charge in [-0.1, -0.05) is 19.4 Å². The van der Waals surface area contributed by atoms with E-state index < -0.39 is 17.0 Å². The summed E-state index contributed by atoms with van der Waals surface area (Å²) in [6.45, 7) is 4.33. The van der Waals surface area contributed by atoms with Crippen LogP contribution in [0.3, 0.4) is 0 Å². The van der Waals surface area contributed by atoms with E-state index in [9.17, 15) is 19.8 Å². The van der Waals surface area contributed by atoms with Crippen molar-refractivity contribution >= 4 is 11.8 Å². The molecule has 4 aliphatic carbocycles. The number of aliphatic hydroxyl groups is 1. The molecule has 0 aromatic carbocycles. The molecule has 1 unspecified atom stereocenters. The van der Waals surface area contributed by atoms with Gasteiger partial charge in [-0.15, -0.1) is 0 Å². The second-order valence-corrected chi connectivity index (χ2v) is 9.13. The van der Waals surface area contributed by atoms with Crippen LogP contribution in [0.1, 0.15) is 65.2 Å². The highest BCUT2D eigenvalue weighted by Crippen LogP contribution is 2.67. The lowest BCUT2D eigenvalue weighted by molar-refractivity contribution is -0.181. The molecule has 0 radical (unpaired) electrons. The summed E-state index contributed by atoms with van der Waals surface area (Å²) in [5, 5.41) is 20.5. The molecule has 132 valence electrons. The van der Waals surface area contributed by atoms with E-state index in [0.29, 0.717) is 24.7 Å². The van der Waals surface area contributed by atoms with E-state index in [2.05, 4.69) is 6.92 Å². The van der Waals surface area contributed by atoms with E-state index in [1.54, 1.807) is 0 Å². The molecule has 3 fully saturated rings. The maximum atomic E-state index is 11.8. The zero-order valence-corrected chi connectivity index (χ0v) is 14.7. The van der Waals surface area contributed by atoms with Gasteiger partial charge in [-0.05, 0) is 74.2 Å². The number of carbonyl (C=O) groups is 2. The van der Waals surface area contributed by atoms with Gasteiger partial charge in [-0.2, -0.15) is 0 Å². The molecular formula is C20H28O4. The monoisotopic (exact) mass is 332 g/mol. The number of carboxylic acids is 1. The van der Waals surface area contributed by atoms with Crippen LogP contribution in [0.5, 0.6) is 0 Å². The van der Waals surface area contributed by atoms with E-state index in [1.165, 1.54) is 5.57 Å². The molecule has 0 aliphatic heterocycles. The van der Waals surface area contributed by atoms with Crippen LogP contribution in [0.4, 0.5) is 0 Å². The van der Waals surface area contributed by atoms with Crippen LogP contribution < -0.4 is 0 Å². The zero-order valence-electron chi connectivity index (χ0n) is 14.7. The van der Waals surface area contributed by atoms with Crippen molar-refractivity contribution in [3.63, 3.8) is 0 Å². The molecule has 3 saturated carbocycles. The Hall–Kier alpha value is -1.16. The van der Waals surface area contributed by atoms with Crippen molar-refractivity contribution in [3.8, 4) is 0 Å².